The van der Waals surface area contributed by atoms with Crippen LogP contribution in [0.15, 0.2) is 61.1 Å². The zero-order chi connectivity index (χ0) is 22.1. The Balaban J connectivity index is 1.15. The van der Waals surface area contributed by atoms with E-state index >= 15 is 0 Å². The fourth-order valence-electron chi connectivity index (χ4n) is 4.72. The van der Waals surface area contributed by atoms with Gasteiger partial charge in [0.15, 0.2) is 6.61 Å². The first-order valence-electron chi connectivity index (χ1n) is 10.9. The number of piperidine rings is 1. The zero-order valence-corrected chi connectivity index (χ0v) is 17.6. The van der Waals surface area contributed by atoms with Crippen molar-refractivity contribution in [2.75, 3.05) is 19.7 Å². The lowest BCUT2D eigenvalue weighted by Crippen LogP contribution is -2.42. The molecule has 1 aromatic heterocycles. The minimum atomic E-state index is -0.347. The van der Waals surface area contributed by atoms with Gasteiger partial charge in [-0.2, -0.15) is 0 Å². The number of benzene rings is 2. The molecule has 0 bridgehead atoms. The number of halogens is 1. The van der Waals surface area contributed by atoms with Crippen molar-refractivity contribution < 1.29 is 18.7 Å². The summed E-state index contributed by atoms with van der Waals surface area (Å²) in [6, 6.07) is 13.8. The molecule has 6 nitrogen and oxygen atoms in total. The fourth-order valence-corrected chi connectivity index (χ4v) is 4.72. The van der Waals surface area contributed by atoms with Gasteiger partial charge in [0, 0.05) is 31.0 Å². The first kappa shape index (κ1) is 20.4. The largest absolute Gasteiger partial charge is 0.484 e. The minimum absolute atomic E-state index is 0.0139. The smallest absolute Gasteiger partial charge is 0.260 e. The minimum Gasteiger partial charge on any atom is -0.484 e. The van der Waals surface area contributed by atoms with Crippen LogP contribution < -0.4 is 4.74 Å². The second-order valence-electron chi connectivity index (χ2n) is 8.36. The normalized spacial score (nSPS) is 17.7. The lowest BCUT2D eigenvalue weighted by atomic mass is 9.87. The summed E-state index contributed by atoms with van der Waals surface area (Å²) in [6.45, 7) is 0.992. The molecule has 0 radical (unpaired) electrons. The van der Waals surface area contributed by atoms with Crippen LogP contribution in [0.25, 0.3) is 11.3 Å². The van der Waals surface area contributed by atoms with Crippen molar-refractivity contribution in [3.63, 3.8) is 0 Å². The Labute approximate surface area is 185 Å². The Hall–Kier alpha value is -3.48. The number of likely N-dealkylation sites (tertiary alicyclic amines) is 1. The Bertz CT molecular complexity index is 1130. The number of nitrogens with zero attached hydrogens (tertiary/aromatic N) is 3. The summed E-state index contributed by atoms with van der Waals surface area (Å²) in [7, 11) is 0. The number of aromatic nitrogens is 2. The maximum atomic E-state index is 13.1. The molecule has 0 aliphatic carbocycles. The van der Waals surface area contributed by atoms with Crippen LogP contribution in [0.4, 0.5) is 4.39 Å². The van der Waals surface area contributed by atoms with E-state index in [1.807, 2.05) is 18.3 Å². The molecule has 7 heteroatoms. The third-order valence-electron chi connectivity index (χ3n) is 6.47. The SMILES string of the molecule is O=C(CC1c2ccccc2-c2cncn21)C1CCN(C(=O)COc2ccc(F)cc2)CC1. The molecule has 5 rings (SSSR count). The van der Waals surface area contributed by atoms with E-state index in [0.29, 0.717) is 38.1 Å². The average Bonchev–Trinajstić information content (AvgIpc) is 3.41. The lowest BCUT2D eigenvalue weighted by Gasteiger charge is -2.31. The number of hydrogen-bond donors (Lipinski definition) is 0. The van der Waals surface area contributed by atoms with E-state index in [4.69, 9.17) is 4.74 Å². The predicted molar refractivity (Wildman–Crippen MR) is 117 cm³/mol. The molecule has 1 saturated heterocycles. The van der Waals surface area contributed by atoms with E-state index in [1.54, 1.807) is 11.2 Å². The Morgan fingerprint density at radius 1 is 1.06 bits per heavy atom. The molecule has 3 heterocycles. The van der Waals surface area contributed by atoms with Crippen molar-refractivity contribution >= 4 is 11.7 Å². The van der Waals surface area contributed by atoms with Crippen molar-refractivity contribution in [2.45, 2.75) is 25.3 Å². The molecular formula is C25H24FN3O3. The zero-order valence-electron chi connectivity index (χ0n) is 17.6. The second-order valence-corrected chi connectivity index (χ2v) is 8.36. The maximum absolute atomic E-state index is 13.1. The molecule has 3 aromatic rings. The molecule has 164 valence electrons. The number of ether oxygens (including phenoxy) is 1. The van der Waals surface area contributed by atoms with Gasteiger partial charge in [0.2, 0.25) is 0 Å². The molecule has 0 spiro atoms. The molecule has 1 fully saturated rings. The van der Waals surface area contributed by atoms with Crippen LogP contribution in [0.2, 0.25) is 0 Å². The molecule has 2 aromatic carbocycles. The molecule has 2 aliphatic rings. The third kappa shape index (κ3) is 3.90. The van der Waals surface area contributed by atoms with Gasteiger partial charge in [0.1, 0.15) is 17.3 Å². The van der Waals surface area contributed by atoms with Gasteiger partial charge in [-0.1, -0.05) is 24.3 Å². The van der Waals surface area contributed by atoms with Gasteiger partial charge in [-0.15, -0.1) is 0 Å². The number of fused-ring (bicyclic) bond motifs is 3. The molecule has 2 aliphatic heterocycles. The summed E-state index contributed by atoms with van der Waals surface area (Å²) in [6.07, 6.45) is 5.41. The topological polar surface area (TPSA) is 64.4 Å². The van der Waals surface area contributed by atoms with Crippen LogP contribution in [0.3, 0.4) is 0 Å². The summed E-state index contributed by atoms with van der Waals surface area (Å²) in [5.74, 6) is 0.187. The van der Waals surface area contributed by atoms with Gasteiger partial charge in [0.05, 0.1) is 24.3 Å². The van der Waals surface area contributed by atoms with Crippen LogP contribution >= 0.6 is 0 Å². The van der Waals surface area contributed by atoms with Crippen molar-refractivity contribution in [2.24, 2.45) is 5.92 Å². The lowest BCUT2D eigenvalue weighted by molar-refractivity contribution is -0.137. The van der Waals surface area contributed by atoms with Gasteiger partial charge in [-0.25, -0.2) is 9.37 Å². The van der Waals surface area contributed by atoms with Crippen LogP contribution in [0, 0.1) is 11.7 Å². The average molecular weight is 433 g/mol. The summed E-state index contributed by atoms with van der Waals surface area (Å²) in [5.41, 5.74) is 3.37. The standard InChI is InChI=1S/C25H24FN3O3/c26-18-5-7-19(8-6-18)32-15-25(31)28-11-9-17(10-12-28)24(30)13-22-20-3-1-2-4-21(20)23-14-27-16-29(22)23/h1-8,14,16-17,22H,9-13,15H2. The van der Waals surface area contributed by atoms with Gasteiger partial charge in [0.25, 0.3) is 5.91 Å². The van der Waals surface area contributed by atoms with Crippen LogP contribution in [-0.4, -0.2) is 45.8 Å². The first-order chi connectivity index (χ1) is 15.6. The Kier molecular flexibility index (Phi) is 5.47. The number of carbonyl (C=O) groups excluding carboxylic acids is 2. The van der Waals surface area contributed by atoms with Crippen molar-refractivity contribution in [3.05, 3.63) is 72.4 Å². The highest BCUT2D eigenvalue weighted by Crippen LogP contribution is 2.41. The van der Waals surface area contributed by atoms with E-state index in [2.05, 4.69) is 21.7 Å². The molecule has 1 atom stereocenters. The number of imidazole rings is 1. The number of rotatable bonds is 6. The quantitative estimate of drug-likeness (QED) is 0.592. The van der Waals surface area contributed by atoms with E-state index in [1.165, 1.54) is 29.8 Å². The molecule has 1 amide bonds. The van der Waals surface area contributed by atoms with Crippen molar-refractivity contribution in [1.29, 1.82) is 0 Å². The van der Waals surface area contributed by atoms with Gasteiger partial charge < -0.3 is 14.2 Å². The second kappa shape index (κ2) is 8.57. The molecule has 1 unspecified atom stereocenters. The van der Waals surface area contributed by atoms with Crippen molar-refractivity contribution in [1.82, 2.24) is 14.5 Å². The highest BCUT2D eigenvalue weighted by molar-refractivity contribution is 5.84. The third-order valence-corrected chi connectivity index (χ3v) is 6.47. The van der Waals surface area contributed by atoms with Gasteiger partial charge >= 0.3 is 0 Å². The first-order valence-corrected chi connectivity index (χ1v) is 10.9. The summed E-state index contributed by atoms with van der Waals surface area (Å²) >= 11 is 0. The molecule has 32 heavy (non-hydrogen) atoms. The molecule has 0 N–H and O–H groups in total. The van der Waals surface area contributed by atoms with Crippen LogP contribution in [0.1, 0.15) is 30.9 Å². The number of ketones is 1. The van der Waals surface area contributed by atoms with Gasteiger partial charge in [-0.3, -0.25) is 9.59 Å². The highest BCUT2D eigenvalue weighted by Gasteiger charge is 2.33. The fraction of sp³-hybridized carbons (Fsp3) is 0.320. The predicted octanol–water partition coefficient (Wildman–Crippen LogP) is 3.87. The van der Waals surface area contributed by atoms with Gasteiger partial charge in [-0.05, 0) is 42.7 Å². The number of Topliss-reactive ketones (excluding diaryl/α,β-unsaturated/α-hetero) is 1. The van der Waals surface area contributed by atoms with Crippen LogP contribution in [0.5, 0.6) is 5.75 Å². The number of hydrogen-bond acceptors (Lipinski definition) is 4. The summed E-state index contributed by atoms with van der Waals surface area (Å²) in [4.78, 5) is 31.6. The molecule has 0 saturated carbocycles. The summed E-state index contributed by atoms with van der Waals surface area (Å²) in [5, 5.41) is 0. The number of amides is 1. The Morgan fingerprint density at radius 3 is 2.59 bits per heavy atom. The number of carbonyl (C=O) groups is 2. The maximum Gasteiger partial charge on any atom is 0.260 e. The monoisotopic (exact) mass is 433 g/mol. The van der Waals surface area contributed by atoms with E-state index < -0.39 is 0 Å². The highest BCUT2D eigenvalue weighted by atomic mass is 19.1. The Morgan fingerprint density at radius 2 is 1.81 bits per heavy atom. The van der Waals surface area contributed by atoms with E-state index in [0.717, 1.165) is 11.3 Å². The van der Waals surface area contributed by atoms with E-state index in [-0.39, 0.29) is 36.1 Å². The van der Waals surface area contributed by atoms with E-state index in [9.17, 15) is 14.0 Å². The van der Waals surface area contributed by atoms with Crippen LogP contribution in [-0.2, 0) is 9.59 Å². The van der Waals surface area contributed by atoms with Crippen molar-refractivity contribution in [3.8, 4) is 17.0 Å². The summed E-state index contributed by atoms with van der Waals surface area (Å²) < 4.78 is 20.5. The molecular weight excluding hydrogens is 409 g/mol.